The van der Waals surface area contributed by atoms with E-state index in [1.165, 1.54) is 33.0 Å². The van der Waals surface area contributed by atoms with E-state index in [0.29, 0.717) is 0 Å². The third kappa shape index (κ3) is 1.56. The Morgan fingerprint density at radius 3 is 2.75 bits per heavy atom. The summed E-state index contributed by atoms with van der Waals surface area (Å²) in [7, 11) is 2.10. The number of hydrogen-bond donors (Lipinski definition) is 0. The van der Waals surface area contributed by atoms with Gasteiger partial charge >= 0.3 is 0 Å². The molecule has 116 valence electrons. The van der Waals surface area contributed by atoms with Crippen molar-refractivity contribution in [1.82, 2.24) is 4.98 Å². The van der Waals surface area contributed by atoms with Gasteiger partial charge in [-0.05, 0) is 42.3 Å². The molecule has 3 heterocycles. The van der Waals surface area contributed by atoms with Gasteiger partial charge in [0.2, 0.25) is 5.69 Å². The smallest absolute Gasteiger partial charge is 0.228 e. The molecule has 3 nitrogen and oxygen atoms in total. The van der Waals surface area contributed by atoms with E-state index in [1.54, 1.807) is 0 Å². The molecule has 0 bridgehead atoms. The van der Waals surface area contributed by atoms with Crippen LogP contribution >= 0.6 is 0 Å². The Bertz CT molecular complexity index is 1160. The summed E-state index contributed by atoms with van der Waals surface area (Å²) in [5.41, 5.74) is 4.80. The Morgan fingerprint density at radius 2 is 1.88 bits per heavy atom. The molecule has 1 aliphatic heterocycles. The Balaban J connectivity index is 2.06. The molecule has 0 amide bonds. The average Bonchev–Trinajstić information content (AvgIpc) is 2.62. The standard InChI is InChI=1S/C21H17N2O/c1-12-15-7-9-22-11-16(15)13(2)21-18(12)20-19-14(8-10-23(20)3)5-4-6-17(19)24-21/h4-11H,1-3H3/q+1. The van der Waals surface area contributed by atoms with E-state index < -0.39 is 0 Å². The fourth-order valence-corrected chi connectivity index (χ4v) is 3.93. The number of aromatic nitrogens is 2. The monoisotopic (exact) mass is 313 g/mol. The highest BCUT2D eigenvalue weighted by Crippen LogP contribution is 2.49. The van der Waals surface area contributed by atoms with Gasteiger partial charge in [-0.25, -0.2) is 4.57 Å². The highest BCUT2D eigenvalue weighted by molar-refractivity contribution is 6.06. The van der Waals surface area contributed by atoms with Gasteiger partial charge in [-0.3, -0.25) is 4.98 Å². The number of benzene rings is 2. The lowest BCUT2D eigenvalue weighted by Gasteiger charge is -2.23. The molecule has 0 aliphatic carbocycles. The van der Waals surface area contributed by atoms with Crippen LogP contribution < -0.4 is 9.30 Å². The molecule has 3 heteroatoms. The van der Waals surface area contributed by atoms with Crippen molar-refractivity contribution >= 4 is 21.5 Å². The van der Waals surface area contributed by atoms with Crippen LogP contribution in [0.15, 0.2) is 48.9 Å². The quantitative estimate of drug-likeness (QED) is 0.390. The Hall–Kier alpha value is -2.94. The van der Waals surface area contributed by atoms with Crippen molar-refractivity contribution < 1.29 is 9.30 Å². The van der Waals surface area contributed by atoms with Crippen LogP contribution in [0.25, 0.3) is 32.8 Å². The number of ether oxygens (including phenoxy) is 1. The molecule has 0 saturated heterocycles. The Morgan fingerprint density at radius 1 is 1.00 bits per heavy atom. The van der Waals surface area contributed by atoms with E-state index >= 15 is 0 Å². The SMILES string of the molecule is Cc1c2c(c(C)c3ccncc13)-c1c3c(cccc3cc[n+]1C)O2. The summed E-state index contributed by atoms with van der Waals surface area (Å²) in [6.45, 7) is 4.30. The molecular formula is C21H17N2O+. The fraction of sp³-hybridized carbons (Fsp3) is 0.143. The number of nitrogens with zero attached hydrogens (tertiary/aromatic N) is 2. The molecule has 4 aromatic rings. The maximum atomic E-state index is 6.38. The van der Waals surface area contributed by atoms with Crippen molar-refractivity contribution in [3.63, 3.8) is 0 Å². The number of pyridine rings is 2. The molecule has 24 heavy (non-hydrogen) atoms. The van der Waals surface area contributed by atoms with E-state index in [4.69, 9.17) is 4.74 Å². The largest absolute Gasteiger partial charge is 0.455 e. The molecule has 1 aliphatic rings. The van der Waals surface area contributed by atoms with Gasteiger partial charge in [0.05, 0.1) is 10.9 Å². The van der Waals surface area contributed by atoms with Crippen molar-refractivity contribution in [3.05, 3.63) is 60.0 Å². The summed E-state index contributed by atoms with van der Waals surface area (Å²) in [6.07, 6.45) is 5.92. The fourth-order valence-electron chi connectivity index (χ4n) is 3.93. The maximum Gasteiger partial charge on any atom is 0.228 e. The molecule has 0 N–H and O–H groups in total. The van der Waals surface area contributed by atoms with Crippen LogP contribution in [0.1, 0.15) is 11.1 Å². The molecule has 0 radical (unpaired) electrons. The topological polar surface area (TPSA) is 26.0 Å². The lowest BCUT2D eigenvalue weighted by atomic mass is 9.90. The summed E-state index contributed by atoms with van der Waals surface area (Å²) in [5.74, 6) is 1.88. The second-order valence-electron chi connectivity index (χ2n) is 6.47. The number of hydrogen-bond acceptors (Lipinski definition) is 2. The normalized spacial score (nSPS) is 12.3. The van der Waals surface area contributed by atoms with Gasteiger partial charge < -0.3 is 4.74 Å². The van der Waals surface area contributed by atoms with Gasteiger partial charge in [0.1, 0.15) is 18.5 Å². The highest BCUT2D eigenvalue weighted by atomic mass is 16.5. The maximum absolute atomic E-state index is 6.38. The number of aryl methyl sites for hydroxylation is 3. The average molecular weight is 313 g/mol. The lowest BCUT2D eigenvalue weighted by Crippen LogP contribution is -2.31. The predicted octanol–water partition coefficient (Wildman–Crippen LogP) is 4.60. The first kappa shape index (κ1) is 13.5. The minimum Gasteiger partial charge on any atom is -0.455 e. The van der Waals surface area contributed by atoms with Gasteiger partial charge in [-0.15, -0.1) is 0 Å². The summed E-state index contributed by atoms with van der Waals surface area (Å²) < 4.78 is 8.58. The first-order valence-corrected chi connectivity index (χ1v) is 8.13. The van der Waals surface area contributed by atoms with E-state index in [1.807, 2.05) is 12.4 Å². The highest BCUT2D eigenvalue weighted by Gasteiger charge is 2.31. The van der Waals surface area contributed by atoms with E-state index in [-0.39, 0.29) is 0 Å². The molecular weight excluding hydrogens is 296 g/mol. The molecule has 5 rings (SSSR count). The van der Waals surface area contributed by atoms with Crippen LogP contribution in [-0.4, -0.2) is 4.98 Å². The van der Waals surface area contributed by atoms with E-state index in [9.17, 15) is 0 Å². The summed E-state index contributed by atoms with van der Waals surface area (Å²) in [5, 5.41) is 4.79. The van der Waals surface area contributed by atoms with Gasteiger partial charge in [0.15, 0.2) is 6.20 Å². The molecule has 0 atom stereocenters. The Kier molecular flexibility index (Phi) is 2.55. The van der Waals surface area contributed by atoms with Crippen LogP contribution in [0.4, 0.5) is 0 Å². The zero-order valence-corrected chi connectivity index (χ0v) is 13.9. The van der Waals surface area contributed by atoms with Gasteiger partial charge in [-0.2, -0.15) is 0 Å². The first-order valence-electron chi connectivity index (χ1n) is 8.13. The van der Waals surface area contributed by atoms with Gasteiger partial charge in [-0.1, -0.05) is 12.1 Å². The second kappa shape index (κ2) is 4.54. The zero-order valence-electron chi connectivity index (χ0n) is 13.9. The summed E-state index contributed by atoms with van der Waals surface area (Å²) >= 11 is 0. The van der Waals surface area contributed by atoms with Crippen LogP contribution in [0.3, 0.4) is 0 Å². The van der Waals surface area contributed by atoms with Crippen LogP contribution in [0.5, 0.6) is 11.5 Å². The van der Waals surface area contributed by atoms with Crippen molar-refractivity contribution in [2.24, 2.45) is 7.05 Å². The molecule has 0 spiro atoms. The third-order valence-electron chi connectivity index (χ3n) is 5.15. The van der Waals surface area contributed by atoms with Crippen LogP contribution in [0.2, 0.25) is 0 Å². The Labute approximate surface area is 140 Å². The molecule has 0 saturated carbocycles. The van der Waals surface area contributed by atoms with Gasteiger partial charge in [0.25, 0.3) is 0 Å². The van der Waals surface area contributed by atoms with E-state index in [2.05, 4.69) is 67.0 Å². The number of fused-ring (bicyclic) bond motifs is 3. The first-order chi connectivity index (χ1) is 11.7. The summed E-state index contributed by atoms with van der Waals surface area (Å²) in [4.78, 5) is 4.30. The van der Waals surface area contributed by atoms with Crippen molar-refractivity contribution in [2.45, 2.75) is 13.8 Å². The molecule has 2 aromatic heterocycles. The van der Waals surface area contributed by atoms with Crippen molar-refractivity contribution in [3.8, 4) is 22.8 Å². The van der Waals surface area contributed by atoms with Crippen molar-refractivity contribution in [2.75, 3.05) is 0 Å². The molecule has 0 fully saturated rings. The second-order valence-corrected chi connectivity index (χ2v) is 6.47. The van der Waals surface area contributed by atoms with E-state index in [0.717, 1.165) is 22.4 Å². The molecule has 0 unspecified atom stereocenters. The zero-order chi connectivity index (χ0) is 16.4. The predicted molar refractivity (Wildman–Crippen MR) is 95.4 cm³/mol. The van der Waals surface area contributed by atoms with Gasteiger partial charge in [0, 0.05) is 29.4 Å². The summed E-state index contributed by atoms with van der Waals surface area (Å²) in [6, 6.07) is 10.5. The lowest BCUT2D eigenvalue weighted by molar-refractivity contribution is -0.659. The minimum absolute atomic E-state index is 0.928. The molecule has 2 aromatic carbocycles. The third-order valence-corrected chi connectivity index (χ3v) is 5.15. The van der Waals surface area contributed by atoms with Crippen molar-refractivity contribution in [1.29, 1.82) is 0 Å². The number of rotatable bonds is 0. The minimum atomic E-state index is 0.928. The van der Waals surface area contributed by atoms with Crippen LogP contribution in [0, 0.1) is 13.8 Å². The van der Waals surface area contributed by atoms with Crippen LogP contribution in [-0.2, 0) is 7.05 Å².